The van der Waals surface area contributed by atoms with Gasteiger partial charge in [-0.15, -0.1) is 0 Å². The minimum Gasteiger partial charge on any atom is -0.507 e. The zero-order valence-electron chi connectivity index (χ0n) is 11.0. The van der Waals surface area contributed by atoms with Crippen molar-refractivity contribution in [3.8, 4) is 11.5 Å². The van der Waals surface area contributed by atoms with Gasteiger partial charge in [-0.25, -0.2) is 0 Å². The van der Waals surface area contributed by atoms with Gasteiger partial charge >= 0.3 is 0 Å². The second-order valence-corrected chi connectivity index (χ2v) is 4.71. The Morgan fingerprint density at radius 2 is 1.33 bits per heavy atom. The molecule has 2 rings (SSSR count). The second-order valence-electron chi connectivity index (χ2n) is 4.71. The lowest BCUT2D eigenvalue weighted by Gasteiger charge is -2.16. The molecule has 0 aliphatic rings. The Hall–Kier alpha value is -1.96. The first kappa shape index (κ1) is 12.5. The van der Waals surface area contributed by atoms with E-state index in [2.05, 4.69) is 0 Å². The van der Waals surface area contributed by atoms with Gasteiger partial charge in [-0.2, -0.15) is 0 Å². The average molecular weight is 242 g/mol. The van der Waals surface area contributed by atoms with Crippen LogP contribution in [0.5, 0.6) is 11.5 Å². The van der Waals surface area contributed by atoms with Crippen LogP contribution in [0, 0.1) is 20.8 Å². The number of aromatic hydroxyl groups is 2. The van der Waals surface area contributed by atoms with E-state index in [0.717, 1.165) is 27.8 Å². The molecule has 2 aromatic carbocycles. The molecule has 0 bridgehead atoms. The van der Waals surface area contributed by atoms with E-state index in [9.17, 15) is 10.2 Å². The van der Waals surface area contributed by atoms with Crippen molar-refractivity contribution in [3.63, 3.8) is 0 Å². The molecule has 0 unspecified atom stereocenters. The van der Waals surface area contributed by atoms with E-state index < -0.39 is 0 Å². The molecule has 0 heterocycles. The summed E-state index contributed by atoms with van der Waals surface area (Å²) >= 11 is 0. The Kier molecular flexibility index (Phi) is 3.28. The molecule has 0 atom stereocenters. The summed E-state index contributed by atoms with van der Waals surface area (Å²) < 4.78 is 0. The van der Waals surface area contributed by atoms with E-state index in [1.165, 1.54) is 0 Å². The number of hydrogen-bond acceptors (Lipinski definition) is 2. The van der Waals surface area contributed by atoms with Gasteiger partial charge in [0.15, 0.2) is 0 Å². The first-order valence-electron chi connectivity index (χ1n) is 6.07. The summed E-state index contributed by atoms with van der Waals surface area (Å²) in [5, 5.41) is 20.3. The fraction of sp³-hybridized carbons (Fsp3) is 0.250. The summed E-state index contributed by atoms with van der Waals surface area (Å²) in [6.45, 7) is 5.50. The van der Waals surface area contributed by atoms with Crippen molar-refractivity contribution in [1.82, 2.24) is 0 Å². The molecule has 0 aliphatic heterocycles. The minimum absolute atomic E-state index is 0.288. The van der Waals surface area contributed by atoms with Crippen molar-refractivity contribution in [2.75, 3.05) is 0 Å². The van der Waals surface area contributed by atoms with E-state index in [0.29, 0.717) is 12.2 Å². The zero-order valence-corrected chi connectivity index (χ0v) is 11.0. The molecule has 0 radical (unpaired) electrons. The largest absolute Gasteiger partial charge is 0.507 e. The first-order chi connectivity index (χ1) is 8.52. The highest BCUT2D eigenvalue weighted by atomic mass is 16.3. The lowest BCUT2D eigenvalue weighted by atomic mass is 9.93. The maximum atomic E-state index is 10.2. The molecule has 18 heavy (non-hydrogen) atoms. The molecule has 0 fully saturated rings. The molecule has 2 nitrogen and oxygen atoms in total. The highest BCUT2D eigenvalue weighted by molar-refractivity contribution is 5.57. The summed E-state index contributed by atoms with van der Waals surface area (Å²) in [6, 6.07) is 9.95. The Bertz CT molecular complexity index is 542. The molecule has 0 saturated heterocycles. The smallest absolute Gasteiger partial charge is 0.122 e. The minimum atomic E-state index is 0.288. The van der Waals surface area contributed by atoms with Crippen LogP contribution >= 0.6 is 0 Å². The monoisotopic (exact) mass is 242 g/mol. The Balaban J connectivity index is 2.52. The molecular weight excluding hydrogens is 224 g/mol. The lowest BCUT2D eigenvalue weighted by molar-refractivity contribution is 0.444. The van der Waals surface area contributed by atoms with Gasteiger partial charge in [0, 0.05) is 12.0 Å². The standard InChI is InChI=1S/C16H18O2/c1-10-11(2)16(18)14(12(3)15(10)17)9-13-7-5-4-6-8-13/h4-8,17-18H,9H2,1-3H3. The first-order valence-corrected chi connectivity index (χ1v) is 6.07. The predicted octanol–water partition coefficient (Wildman–Crippen LogP) is 3.61. The molecule has 0 aliphatic carbocycles. The highest BCUT2D eigenvalue weighted by Gasteiger charge is 2.16. The summed E-state index contributed by atoms with van der Waals surface area (Å²) in [6.07, 6.45) is 0.632. The number of benzene rings is 2. The van der Waals surface area contributed by atoms with E-state index in [-0.39, 0.29) is 5.75 Å². The third-order valence-corrected chi connectivity index (χ3v) is 3.59. The lowest BCUT2D eigenvalue weighted by Crippen LogP contribution is -1.97. The molecule has 94 valence electrons. The van der Waals surface area contributed by atoms with Gasteiger partial charge in [0.25, 0.3) is 0 Å². The highest BCUT2D eigenvalue weighted by Crippen LogP contribution is 2.37. The van der Waals surface area contributed by atoms with Crippen molar-refractivity contribution >= 4 is 0 Å². The summed E-state index contributed by atoms with van der Waals surface area (Å²) in [4.78, 5) is 0. The summed E-state index contributed by atoms with van der Waals surface area (Å²) in [5.41, 5.74) is 4.20. The quantitative estimate of drug-likeness (QED) is 0.790. The average Bonchev–Trinajstić information content (AvgIpc) is 2.40. The van der Waals surface area contributed by atoms with Gasteiger partial charge in [-0.1, -0.05) is 30.3 Å². The van der Waals surface area contributed by atoms with Crippen molar-refractivity contribution in [2.24, 2.45) is 0 Å². The van der Waals surface area contributed by atoms with Crippen molar-refractivity contribution < 1.29 is 10.2 Å². The maximum Gasteiger partial charge on any atom is 0.122 e. The van der Waals surface area contributed by atoms with Gasteiger partial charge in [-0.05, 0) is 43.0 Å². The van der Waals surface area contributed by atoms with Crippen LogP contribution in [0.25, 0.3) is 0 Å². The van der Waals surface area contributed by atoms with Crippen LogP contribution in [0.15, 0.2) is 30.3 Å². The van der Waals surface area contributed by atoms with Gasteiger partial charge < -0.3 is 10.2 Å². The molecule has 2 heteroatoms. The van der Waals surface area contributed by atoms with Gasteiger partial charge in [0.1, 0.15) is 11.5 Å². The number of rotatable bonds is 2. The predicted molar refractivity (Wildman–Crippen MR) is 73.2 cm³/mol. The molecule has 0 saturated carbocycles. The molecule has 2 aromatic rings. The fourth-order valence-corrected chi connectivity index (χ4v) is 2.20. The molecule has 0 spiro atoms. The van der Waals surface area contributed by atoms with Crippen molar-refractivity contribution in [2.45, 2.75) is 27.2 Å². The number of hydrogen-bond donors (Lipinski definition) is 2. The van der Waals surface area contributed by atoms with Crippen LogP contribution in [-0.2, 0) is 6.42 Å². The Morgan fingerprint density at radius 1 is 0.778 bits per heavy atom. The van der Waals surface area contributed by atoms with E-state index in [1.54, 1.807) is 0 Å². The third kappa shape index (κ3) is 2.06. The maximum absolute atomic E-state index is 10.2. The Morgan fingerprint density at radius 3 is 1.94 bits per heavy atom. The number of phenols is 2. The summed E-state index contributed by atoms with van der Waals surface area (Å²) in [5.74, 6) is 0.586. The molecule has 2 N–H and O–H groups in total. The SMILES string of the molecule is Cc1c(C)c(O)c(Cc2ccccc2)c(C)c1O. The third-order valence-electron chi connectivity index (χ3n) is 3.59. The zero-order chi connectivity index (χ0) is 13.3. The van der Waals surface area contributed by atoms with E-state index in [1.807, 2.05) is 51.1 Å². The van der Waals surface area contributed by atoms with Crippen LogP contribution < -0.4 is 0 Å². The number of phenolic OH excluding ortho intramolecular Hbond substituents is 2. The normalized spacial score (nSPS) is 10.6. The van der Waals surface area contributed by atoms with E-state index in [4.69, 9.17) is 0 Å². The molecular formula is C16H18O2. The van der Waals surface area contributed by atoms with Crippen LogP contribution in [0.3, 0.4) is 0 Å². The van der Waals surface area contributed by atoms with Crippen molar-refractivity contribution in [1.29, 1.82) is 0 Å². The molecule has 0 aromatic heterocycles. The van der Waals surface area contributed by atoms with Crippen LogP contribution in [0.1, 0.15) is 27.8 Å². The van der Waals surface area contributed by atoms with Crippen LogP contribution in [-0.4, -0.2) is 10.2 Å². The van der Waals surface area contributed by atoms with Gasteiger partial charge in [0.2, 0.25) is 0 Å². The Labute approximate surface area is 108 Å². The topological polar surface area (TPSA) is 40.5 Å². The summed E-state index contributed by atoms with van der Waals surface area (Å²) in [7, 11) is 0. The van der Waals surface area contributed by atoms with Gasteiger partial charge in [-0.3, -0.25) is 0 Å². The molecule has 0 amide bonds. The van der Waals surface area contributed by atoms with Crippen molar-refractivity contribution in [3.05, 3.63) is 58.1 Å². The van der Waals surface area contributed by atoms with Crippen LogP contribution in [0.2, 0.25) is 0 Å². The fourth-order valence-electron chi connectivity index (χ4n) is 2.20. The van der Waals surface area contributed by atoms with Gasteiger partial charge in [0.05, 0.1) is 0 Å². The second kappa shape index (κ2) is 4.73. The van der Waals surface area contributed by atoms with Crippen LogP contribution in [0.4, 0.5) is 0 Å². The van der Waals surface area contributed by atoms with E-state index >= 15 is 0 Å².